The lowest BCUT2D eigenvalue weighted by atomic mass is 10.1. The SMILES string of the molecule is CO[C@@H]1CN(c2c(F)cc3c(=O)c(C(=O)O)cn(C4CC4)c3c2Cl)C[C@@H]1N.O=C(O)C(F)(F)F. The highest BCUT2D eigenvalue weighted by molar-refractivity contribution is 6.38. The van der Waals surface area contributed by atoms with Crippen LogP contribution in [0.25, 0.3) is 10.9 Å². The molecule has 2 aliphatic rings. The van der Waals surface area contributed by atoms with Crippen molar-refractivity contribution in [3.05, 3.63) is 38.9 Å². The third-order valence-corrected chi connectivity index (χ3v) is 5.88. The number of fused-ring (bicyclic) bond motifs is 1. The van der Waals surface area contributed by atoms with E-state index in [9.17, 15) is 32.3 Å². The molecule has 2 atom stereocenters. The van der Waals surface area contributed by atoms with Crippen LogP contribution in [0, 0.1) is 5.82 Å². The van der Waals surface area contributed by atoms with Crippen molar-refractivity contribution in [2.45, 2.75) is 37.2 Å². The summed E-state index contributed by atoms with van der Waals surface area (Å²) in [5.41, 5.74) is 5.44. The molecule has 0 spiro atoms. The van der Waals surface area contributed by atoms with Gasteiger partial charge < -0.3 is 30.2 Å². The van der Waals surface area contributed by atoms with E-state index >= 15 is 0 Å². The highest BCUT2D eigenvalue weighted by atomic mass is 35.5. The molecule has 1 aliphatic carbocycles. The summed E-state index contributed by atoms with van der Waals surface area (Å²) in [5.74, 6) is -4.78. The van der Waals surface area contributed by atoms with Crippen molar-refractivity contribution < 1.29 is 42.1 Å². The number of ether oxygens (including phenoxy) is 1. The summed E-state index contributed by atoms with van der Waals surface area (Å²) < 4.78 is 53.7. The smallest absolute Gasteiger partial charge is 0.477 e. The molecule has 1 aromatic heterocycles. The van der Waals surface area contributed by atoms with Crippen LogP contribution in [0.1, 0.15) is 29.2 Å². The number of carbonyl (C=O) groups is 2. The summed E-state index contributed by atoms with van der Waals surface area (Å²) in [6.45, 7) is 0.738. The van der Waals surface area contributed by atoms with Gasteiger partial charge >= 0.3 is 18.1 Å². The van der Waals surface area contributed by atoms with E-state index in [0.29, 0.717) is 18.6 Å². The number of aliphatic carboxylic acids is 1. The molecule has 1 aliphatic heterocycles. The Kier molecular flexibility index (Phi) is 7.10. The third kappa shape index (κ3) is 4.95. The van der Waals surface area contributed by atoms with Gasteiger partial charge in [-0.25, -0.2) is 14.0 Å². The highest BCUT2D eigenvalue weighted by Gasteiger charge is 2.38. The Bertz CT molecular complexity index is 1200. The molecule has 0 bridgehead atoms. The van der Waals surface area contributed by atoms with Gasteiger partial charge in [0.25, 0.3) is 0 Å². The number of anilines is 1. The number of aromatic nitrogens is 1. The lowest BCUT2D eigenvalue weighted by molar-refractivity contribution is -0.192. The predicted octanol–water partition coefficient (Wildman–Crippen LogP) is 2.62. The summed E-state index contributed by atoms with van der Waals surface area (Å²) in [6.07, 6.45) is -2.33. The topological polar surface area (TPSA) is 135 Å². The van der Waals surface area contributed by atoms with E-state index in [-0.39, 0.29) is 39.8 Å². The maximum absolute atomic E-state index is 14.9. The van der Waals surface area contributed by atoms with Gasteiger partial charge in [0.1, 0.15) is 11.4 Å². The average molecular weight is 510 g/mol. The van der Waals surface area contributed by atoms with Gasteiger partial charge in [-0.05, 0) is 18.9 Å². The predicted molar refractivity (Wildman–Crippen MR) is 113 cm³/mol. The lowest BCUT2D eigenvalue weighted by Gasteiger charge is -2.23. The number of carboxylic acid groups (broad SMARTS) is 2. The Morgan fingerprint density at radius 3 is 2.26 bits per heavy atom. The molecule has 14 heteroatoms. The molecular formula is C20H20ClF4N3O6. The maximum atomic E-state index is 14.9. The number of methoxy groups -OCH3 is 1. The minimum atomic E-state index is -5.08. The monoisotopic (exact) mass is 509 g/mol. The molecule has 4 rings (SSSR count). The standard InChI is InChI=1S/C18H19ClFN3O4.C2HF3O2/c1-27-13-7-22(6-12(13)21)16-11(20)4-9-15(14(16)19)23(8-2-3-8)5-10(17(9)24)18(25)26;3-2(4,5)1(6)7/h4-5,8,12-13H,2-3,6-7,21H2,1H3,(H,25,26);(H,6,7)/t12-,13+;/m0./s1. The first-order chi connectivity index (χ1) is 15.8. The van der Waals surface area contributed by atoms with Crippen molar-refractivity contribution in [2.24, 2.45) is 5.73 Å². The van der Waals surface area contributed by atoms with Crippen molar-refractivity contribution in [1.82, 2.24) is 4.57 Å². The number of hydrogen-bond donors (Lipinski definition) is 3. The van der Waals surface area contributed by atoms with Gasteiger partial charge in [0.05, 0.1) is 33.8 Å². The molecule has 1 saturated heterocycles. The number of halogens is 5. The van der Waals surface area contributed by atoms with Gasteiger partial charge in [-0.3, -0.25) is 4.79 Å². The first-order valence-corrected chi connectivity index (χ1v) is 10.3. The van der Waals surface area contributed by atoms with E-state index < -0.39 is 29.4 Å². The average Bonchev–Trinajstić information content (AvgIpc) is 3.50. The van der Waals surface area contributed by atoms with Crippen LogP contribution in [0.15, 0.2) is 17.1 Å². The van der Waals surface area contributed by atoms with Gasteiger partial charge in [0.15, 0.2) is 0 Å². The van der Waals surface area contributed by atoms with Crippen molar-refractivity contribution in [3.8, 4) is 0 Å². The van der Waals surface area contributed by atoms with Gasteiger partial charge in [0, 0.05) is 32.4 Å². The van der Waals surface area contributed by atoms with E-state index in [1.54, 1.807) is 16.6 Å². The maximum Gasteiger partial charge on any atom is 0.490 e. The second kappa shape index (κ2) is 9.39. The molecule has 0 amide bonds. The molecule has 1 aromatic carbocycles. The molecule has 186 valence electrons. The number of aromatic carboxylic acids is 1. The number of alkyl halides is 3. The minimum absolute atomic E-state index is 0.0279. The van der Waals surface area contributed by atoms with Crippen LogP contribution in [0.3, 0.4) is 0 Å². The fourth-order valence-electron chi connectivity index (χ4n) is 3.75. The molecule has 34 heavy (non-hydrogen) atoms. The van der Waals surface area contributed by atoms with Gasteiger partial charge in [0.2, 0.25) is 5.43 Å². The van der Waals surface area contributed by atoms with E-state index in [1.807, 2.05) is 0 Å². The first kappa shape index (κ1) is 25.7. The van der Waals surface area contributed by atoms with Crippen LogP contribution >= 0.6 is 11.6 Å². The number of nitrogens with two attached hydrogens (primary N) is 1. The zero-order chi connectivity index (χ0) is 25.5. The fourth-order valence-corrected chi connectivity index (χ4v) is 4.15. The van der Waals surface area contributed by atoms with Crippen molar-refractivity contribution >= 4 is 40.1 Å². The van der Waals surface area contributed by atoms with Crippen molar-refractivity contribution in [3.63, 3.8) is 0 Å². The summed E-state index contributed by atoms with van der Waals surface area (Å²) in [7, 11) is 1.55. The highest BCUT2D eigenvalue weighted by Crippen LogP contribution is 2.42. The van der Waals surface area contributed by atoms with E-state index in [1.165, 1.54) is 6.20 Å². The van der Waals surface area contributed by atoms with Crippen LogP contribution in [0.4, 0.5) is 23.2 Å². The Morgan fingerprint density at radius 1 is 1.24 bits per heavy atom. The number of hydrogen-bond acceptors (Lipinski definition) is 6. The van der Waals surface area contributed by atoms with E-state index in [4.69, 9.17) is 32.0 Å². The lowest BCUT2D eigenvalue weighted by Crippen LogP contribution is -2.34. The zero-order valence-corrected chi connectivity index (χ0v) is 18.4. The van der Waals surface area contributed by atoms with E-state index in [2.05, 4.69) is 0 Å². The summed E-state index contributed by atoms with van der Waals surface area (Å²) in [6, 6.07) is 0.839. The van der Waals surface area contributed by atoms with Gasteiger partial charge in [-0.2, -0.15) is 13.2 Å². The van der Waals surface area contributed by atoms with Crippen LogP contribution < -0.4 is 16.1 Å². The van der Waals surface area contributed by atoms with Gasteiger partial charge in [-0.15, -0.1) is 0 Å². The summed E-state index contributed by atoms with van der Waals surface area (Å²) >= 11 is 6.58. The minimum Gasteiger partial charge on any atom is -0.477 e. The van der Waals surface area contributed by atoms with Crippen molar-refractivity contribution in [1.29, 1.82) is 0 Å². The first-order valence-electron chi connectivity index (χ1n) is 9.91. The van der Waals surface area contributed by atoms with Crippen molar-refractivity contribution in [2.75, 3.05) is 25.1 Å². The molecule has 9 nitrogen and oxygen atoms in total. The molecule has 2 heterocycles. The normalized spacial score (nSPS) is 20.3. The van der Waals surface area contributed by atoms with Crippen LogP contribution in [0.2, 0.25) is 5.02 Å². The number of carboxylic acids is 2. The second-order valence-corrected chi connectivity index (χ2v) is 8.26. The summed E-state index contributed by atoms with van der Waals surface area (Å²) in [5, 5.41) is 16.5. The zero-order valence-electron chi connectivity index (χ0n) is 17.6. The molecular weight excluding hydrogens is 490 g/mol. The van der Waals surface area contributed by atoms with Gasteiger partial charge in [-0.1, -0.05) is 11.6 Å². The Morgan fingerprint density at radius 2 is 1.82 bits per heavy atom. The molecule has 2 aromatic rings. The molecule has 4 N–H and O–H groups in total. The Hall–Kier alpha value is -2.90. The largest absolute Gasteiger partial charge is 0.490 e. The number of rotatable bonds is 4. The fraction of sp³-hybridized carbons (Fsp3) is 0.450. The number of pyridine rings is 1. The van der Waals surface area contributed by atoms with Crippen LogP contribution in [0.5, 0.6) is 0 Å². The molecule has 0 unspecified atom stereocenters. The number of nitrogens with zero attached hydrogens (tertiary/aromatic N) is 2. The summed E-state index contributed by atoms with van der Waals surface area (Å²) in [4.78, 5) is 34.6. The molecule has 1 saturated carbocycles. The molecule has 0 radical (unpaired) electrons. The van der Waals surface area contributed by atoms with E-state index in [0.717, 1.165) is 18.9 Å². The second-order valence-electron chi connectivity index (χ2n) is 7.88. The quantitative estimate of drug-likeness (QED) is 0.535. The third-order valence-electron chi connectivity index (χ3n) is 5.53. The molecule has 2 fully saturated rings. The van der Waals surface area contributed by atoms with Crippen LogP contribution in [-0.2, 0) is 9.53 Å². The Balaban J connectivity index is 0.000000406. The Labute approximate surface area is 194 Å². The van der Waals surface area contributed by atoms with Crippen LogP contribution in [-0.4, -0.2) is 65.2 Å². The number of benzene rings is 1.